The lowest BCUT2D eigenvalue weighted by Gasteiger charge is -2.47. The van der Waals surface area contributed by atoms with E-state index >= 15 is 0 Å². The van der Waals surface area contributed by atoms with E-state index in [4.69, 9.17) is 5.41 Å². The second-order valence-electron chi connectivity index (χ2n) is 7.59. The number of carbonyl (C=O) groups excluding carboxylic acids is 2. The number of amides is 2. The first-order chi connectivity index (χ1) is 13.7. The van der Waals surface area contributed by atoms with Crippen molar-refractivity contribution in [3.05, 3.63) is 29.6 Å². The van der Waals surface area contributed by atoms with E-state index in [0.29, 0.717) is 12.1 Å². The smallest absolute Gasteiger partial charge is 0.270 e. The van der Waals surface area contributed by atoms with Crippen LogP contribution in [-0.2, 0) is 9.59 Å². The zero-order chi connectivity index (χ0) is 23.3. The first-order valence-electron chi connectivity index (χ1n) is 9.02. The van der Waals surface area contributed by atoms with Gasteiger partial charge in [0.05, 0.1) is 23.0 Å². The Balaban J connectivity index is 2.84. The molecule has 0 spiro atoms. The number of nitrogens with one attached hydrogen (secondary N) is 4. The molecule has 0 fully saturated rings. The Morgan fingerprint density at radius 3 is 2.20 bits per heavy atom. The molecule has 0 heterocycles. The van der Waals surface area contributed by atoms with Crippen molar-refractivity contribution in [1.82, 2.24) is 10.6 Å². The molecule has 0 aliphatic heterocycles. The first-order valence-corrected chi connectivity index (χ1v) is 9.02. The Kier molecular flexibility index (Phi) is 8.11. The summed E-state index contributed by atoms with van der Waals surface area (Å²) in [5.74, 6) is -6.02. The number of benzene rings is 1. The molecule has 166 valence electrons. The van der Waals surface area contributed by atoms with Gasteiger partial charge in [-0.2, -0.15) is 5.10 Å². The van der Waals surface area contributed by atoms with Crippen LogP contribution in [0.1, 0.15) is 34.6 Å². The van der Waals surface area contributed by atoms with Crippen molar-refractivity contribution in [3.63, 3.8) is 0 Å². The van der Waals surface area contributed by atoms with Crippen molar-refractivity contribution < 1.29 is 27.9 Å². The topological polar surface area (TPSA) is 127 Å². The van der Waals surface area contributed by atoms with Crippen molar-refractivity contribution in [3.8, 4) is 0 Å². The van der Waals surface area contributed by atoms with Gasteiger partial charge in [0, 0.05) is 25.6 Å². The average molecular weight is 429 g/mol. The van der Waals surface area contributed by atoms with E-state index in [2.05, 4.69) is 21.2 Å². The molecular formula is C19H26F3N5O3. The van der Waals surface area contributed by atoms with Crippen LogP contribution in [0.5, 0.6) is 0 Å². The Morgan fingerprint density at radius 1 is 1.23 bits per heavy atom. The molecule has 0 aliphatic rings. The third-order valence-electron chi connectivity index (χ3n) is 4.62. The van der Waals surface area contributed by atoms with Gasteiger partial charge in [-0.05, 0) is 19.8 Å². The van der Waals surface area contributed by atoms with E-state index in [0.717, 1.165) is 6.21 Å². The van der Waals surface area contributed by atoms with Crippen LogP contribution in [-0.4, -0.2) is 46.5 Å². The molecule has 1 aromatic carbocycles. The van der Waals surface area contributed by atoms with Crippen molar-refractivity contribution in [2.24, 2.45) is 11.0 Å². The summed E-state index contributed by atoms with van der Waals surface area (Å²) >= 11 is 0. The number of hydrogen-bond donors (Lipinski definition) is 5. The maximum absolute atomic E-state index is 13.2. The van der Waals surface area contributed by atoms with Gasteiger partial charge in [-0.3, -0.25) is 20.4 Å². The van der Waals surface area contributed by atoms with Crippen LogP contribution >= 0.6 is 0 Å². The fourth-order valence-electron chi connectivity index (χ4n) is 2.95. The Bertz CT molecular complexity index is 829. The number of nitrogens with zero attached hydrogens (tertiary/aromatic N) is 1. The van der Waals surface area contributed by atoms with Crippen molar-refractivity contribution in [2.45, 2.75) is 45.8 Å². The van der Waals surface area contributed by atoms with Crippen LogP contribution in [0.15, 0.2) is 17.2 Å². The summed E-state index contributed by atoms with van der Waals surface area (Å²) in [5.41, 5.74) is -1.27. The van der Waals surface area contributed by atoms with Crippen molar-refractivity contribution in [1.29, 1.82) is 5.41 Å². The van der Waals surface area contributed by atoms with Gasteiger partial charge < -0.3 is 15.7 Å². The van der Waals surface area contributed by atoms with Gasteiger partial charge in [0.2, 0.25) is 5.91 Å². The van der Waals surface area contributed by atoms with Gasteiger partial charge in [-0.15, -0.1) is 0 Å². The standard InChI is InChI=1S/C19H26F3N5O3/c1-10(2)19(18(4,5)30,26-11(3)28)9-24-17(29)15(23)8-25-27-12-6-13(20)16(22)14(21)7-12/h6-8,10,23,27,30H,9H2,1-5H3,(H,24,29)(H,26,28)/b23-15?,25-8-. The molecule has 1 aromatic rings. The highest BCUT2D eigenvalue weighted by atomic mass is 19.2. The largest absolute Gasteiger partial charge is 0.388 e. The number of anilines is 1. The van der Waals surface area contributed by atoms with E-state index in [1.54, 1.807) is 13.8 Å². The van der Waals surface area contributed by atoms with Crippen LogP contribution in [0.3, 0.4) is 0 Å². The lowest BCUT2D eigenvalue weighted by molar-refractivity contribution is -0.129. The fraction of sp³-hybridized carbons (Fsp3) is 0.474. The molecule has 30 heavy (non-hydrogen) atoms. The van der Waals surface area contributed by atoms with E-state index in [-0.39, 0.29) is 18.2 Å². The van der Waals surface area contributed by atoms with Crippen molar-refractivity contribution in [2.75, 3.05) is 12.0 Å². The quantitative estimate of drug-likeness (QED) is 0.234. The Labute approximate surface area is 172 Å². The maximum Gasteiger partial charge on any atom is 0.270 e. The molecule has 1 rings (SSSR count). The summed E-state index contributed by atoms with van der Waals surface area (Å²) in [6, 6.07) is 1.32. The third kappa shape index (κ3) is 6.02. The van der Waals surface area contributed by atoms with E-state index in [9.17, 15) is 27.9 Å². The minimum Gasteiger partial charge on any atom is -0.388 e. The summed E-state index contributed by atoms with van der Waals surface area (Å²) in [6.45, 7) is 7.62. The van der Waals surface area contributed by atoms with Gasteiger partial charge in [0.15, 0.2) is 17.5 Å². The minimum absolute atomic E-state index is 0.176. The molecule has 0 aliphatic carbocycles. The predicted octanol–water partition coefficient (Wildman–Crippen LogP) is 1.94. The van der Waals surface area contributed by atoms with Gasteiger partial charge in [-0.25, -0.2) is 13.2 Å². The molecule has 0 aromatic heterocycles. The second kappa shape index (κ2) is 9.70. The second-order valence-corrected chi connectivity index (χ2v) is 7.59. The number of halogens is 3. The molecule has 2 amide bonds. The highest BCUT2D eigenvalue weighted by Crippen LogP contribution is 2.29. The molecule has 11 heteroatoms. The molecule has 5 N–H and O–H groups in total. The highest BCUT2D eigenvalue weighted by Gasteiger charge is 2.47. The Hall–Kier alpha value is -2.95. The number of aliphatic hydroxyl groups is 1. The lowest BCUT2D eigenvalue weighted by atomic mass is 9.73. The number of hydrogen-bond acceptors (Lipinski definition) is 6. The molecule has 0 saturated carbocycles. The maximum atomic E-state index is 13.2. The average Bonchev–Trinajstić information content (AvgIpc) is 2.61. The van der Waals surface area contributed by atoms with Crippen LogP contribution in [0.4, 0.5) is 18.9 Å². The summed E-state index contributed by atoms with van der Waals surface area (Å²) < 4.78 is 39.2. The predicted molar refractivity (Wildman–Crippen MR) is 107 cm³/mol. The summed E-state index contributed by atoms with van der Waals surface area (Å²) in [7, 11) is 0. The molecule has 8 nitrogen and oxygen atoms in total. The lowest BCUT2D eigenvalue weighted by Crippen LogP contribution is -2.69. The number of carbonyl (C=O) groups is 2. The van der Waals surface area contributed by atoms with E-state index in [1.807, 2.05) is 0 Å². The minimum atomic E-state index is -1.63. The van der Waals surface area contributed by atoms with Crippen LogP contribution in [0, 0.1) is 28.8 Å². The zero-order valence-corrected chi connectivity index (χ0v) is 17.4. The third-order valence-corrected chi connectivity index (χ3v) is 4.62. The van der Waals surface area contributed by atoms with Gasteiger partial charge in [0.1, 0.15) is 5.71 Å². The summed E-state index contributed by atoms with van der Waals surface area (Å²) in [6.07, 6.45) is 0.786. The number of rotatable bonds is 9. The fourth-order valence-corrected chi connectivity index (χ4v) is 2.95. The van der Waals surface area contributed by atoms with E-state index < -0.39 is 46.1 Å². The van der Waals surface area contributed by atoms with Crippen LogP contribution in [0.25, 0.3) is 0 Å². The highest BCUT2D eigenvalue weighted by molar-refractivity contribution is 6.59. The first kappa shape index (κ1) is 25.1. The Morgan fingerprint density at radius 2 is 1.77 bits per heavy atom. The number of hydrazone groups is 1. The molecule has 0 bridgehead atoms. The van der Waals surface area contributed by atoms with Gasteiger partial charge >= 0.3 is 0 Å². The van der Waals surface area contributed by atoms with Crippen LogP contribution in [0.2, 0.25) is 0 Å². The molecule has 0 saturated heterocycles. The monoisotopic (exact) mass is 429 g/mol. The van der Waals surface area contributed by atoms with Gasteiger partial charge in [0.25, 0.3) is 5.91 Å². The van der Waals surface area contributed by atoms with Crippen LogP contribution < -0.4 is 16.1 Å². The van der Waals surface area contributed by atoms with E-state index in [1.165, 1.54) is 20.8 Å². The molecular weight excluding hydrogens is 403 g/mol. The van der Waals surface area contributed by atoms with Crippen molar-refractivity contribution >= 4 is 29.4 Å². The van der Waals surface area contributed by atoms with Gasteiger partial charge in [-0.1, -0.05) is 13.8 Å². The summed E-state index contributed by atoms with van der Waals surface area (Å²) in [5, 5.41) is 27.0. The molecule has 1 atom stereocenters. The zero-order valence-electron chi connectivity index (χ0n) is 17.4. The SMILES string of the molecule is CC(=O)NC(CNC(=O)C(=N)/C=N\Nc1cc(F)c(F)c(F)c1)(C(C)C)C(C)(C)O. The normalized spacial score (nSPS) is 13.8. The molecule has 1 unspecified atom stereocenters. The molecule has 0 radical (unpaired) electrons. The summed E-state index contributed by atoms with van der Waals surface area (Å²) in [4.78, 5) is 23.9.